The summed E-state index contributed by atoms with van der Waals surface area (Å²) in [5, 5.41) is 10.5. The average Bonchev–Trinajstić information content (AvgIpc) is 2.56. The standard InChI is InChI=1S/C18H31NO4/c20-16-17(19(21)22)12-8-5-3-1-2-4-6-11-15-23-18-13-9-7-10-14-18/h7,17-18H,1-6,8-15H2. The Kier molecular flexibility index (Phi) is 11.8. The third-order valence-corrected chi connectivity index (χ3v) is 4.50. The van der Waals surface area contributed by atoms with Crippen LogP contribution in [0.5, 0.6) is 0 Å². The Hall–Kier alpha value is -0.970. The van der Waals surface area contributed by atoms with Crippen molar-refractivity contribution in [1.82, 2.24) is 0 Å². The predicted octanol–water partition coefficient (Wildman–Crippen LogP) is 4.42. The van der Waals surface area contributed by atoms with E-state index < -0.39 is 11.0 Å². The highest BCUT2D eigenvalue weighted by Crippen LogP contribution is 2.20. The van der Waals surface area contributed by atoms with Gasteiger partial charge in [0.25, 0.3) is 12.3 Å². The molecule has 0 saturated heterocycles. The molecule has 1 unspecified atom stereocenters. The maximum absolute atomic E-state index is 10.5. The molecule has 1 fully saturated rings. The number of nitrogens with zero attached hydrogens (tertiary/aromatic N) is 1. The lowest BCUT2D eigenvalue weighted by Gasteiger charge is -2.21. The molecule has 0 bridgehead atoms. The second-order valence-electron chi connectivity index (χ2n) is 6.47. The van der Waals surface area contributed by atoms with Gasteiger partial charge in [-0.05, 0) is 44.9 Å². The minimum atomic E-state index is -1.13. The molecule has 5 heteroatoms. The third-order valence-electron chi connectivity index (χ3n) is 4.50. The molecule has 23 heavy (non-hydrogen) atoms. The number of ether oxygens (including phenoxy) is 1. The van der Waals surface area contributed by atoms with E-state index in [1.807, 2.05) is 0 Å². The Morgan fingerprint density at radius 1 is 1.04 bits per heavy atom. The fourth-order valence-corrected chi connectivity index (χ4v) is 3.02. The van der Waals surface area contributed by atoms with Crippen molar-refractivity contribution in [2.24, 2.45) is 0 Å². The lowest BCUT2D eigenvalue weighted by atomic mass is 9.98. The highest BCUT2D eigenvalue weighted by molar-refractivity contribution is 5.56. The smallest absolute Gasteiger partial charge is 0.278 e. The summed E-state index contributed by atoms with van der Waals surface area (Å²) < 4.78 is 5.89. The SMILES string of the molecule is O=[C]C(CCCCCCCCCCOC1CC[CH]CC1)[N+](=O)[O-]. The van der Waals surface area contributed by atoms with Gasteiger partial charge in [-0.2, -0.15) is 0 Å². The average molecular weight is 325 g/mol. The van der Waals surface area contributed by atoms with Gasteiger partial charge in [0.05, 0.1) is 6.10 Å². The van der Waals surface area contributed by atoms with Crippen LogP contribution in [0.4, 0.5) is 0 Å². The number of rotatable bonds is 14. The first-order valence-corrected chi connectivity index (χ1v) is 9.18. The van der Waals surface area contributed by atoms with E-state index in [1.165, 1.54) is 57.7 Å². The summed E-state index contributed by atoms with van der Waals surface area (Å²) in [6, 6.07) is -1.13. The number of hydrogen-bond donors (Lipinski definition) is 0. The zero-order valence-electron chi connectivity index (χ0n) is 14.2. The van der Waals surface area contributed by atoms with Crippen LogP contribution in [-0.2, 0) is 9.53 Å². The fraction of sp³-hybridized carbons (Fsp3) is 0.889. The Balaban J connectivity index is 1.79. The van der Waals surface area contributed by atoms with Gasteiger partial charge in [-0.25, -0.2) is 0 Å². The quantitative estimate of drug-likeness (QED) is 0.269. The molecule has 0 aromatic carbocycles. The zero-order chi connectivity index (χ0) is 16.8. The molecule has 2 radical (unpaired) electrons. The van der Waals surface area contributed by atoms with E-state index >= 15 is 0 Å². The molecule has 0 heterocycles. The molecule has 0 spiro atoms. The van der Waals surface area contributed by atoms with E-state index in [1.54, 1.807) is 0 Å². The van der Waals surface area contributed by atoms with Gasteiger partial charge >= 0.3 is 0 Å². The summed E-state index contributed by atoms with van der Waals surface area (Å²) in [4.78, 5) is 20.3. The molecule has 1 atom stereocenters. The summed E-state index contributed by atoms with van der Waals surface area (Å²) in [7, 11) is 0. The predicted molar refractivity (Wildman–Crippen MR) is 90.5 cm³/mol. The molecule has 0 aliphatic heterocycles. The van der Waals surface area contributed by atoms with E-state index in [0.29, 0.717) is 12.5 Å². The third kappa shape index (κ3) is 10.4. The molecular weight excluding hydrogens is 294 g/mol. The lowest BCUT2D eigenvalue weighted by molar-refractivity contribution is -0.503. The zero-order valence-corrected chi connectivity index (χ0v) is 14.2. The van der Waals surface area contributed by atoms with Gasteiger partial charge in [-0.15, -0.1) is 0 Å². The van der Waals surface area contributed by atoms with Crippen LogP contribution in [0, 0.1) is 16.5 Å². The second-order valence-corrected chi connectivity index (χ2v) is 6.47. The maximum atomic E-state index is 10.5. The molecule has 1 aliphatic rings. The second kappa shape index (κ2) is 13.5. The normalized spacial score (nSPS) is 17.0. The first kappa shape index (κ1) is 20.1. The molecule has 132 valence electrons. The number of hydrogen-bond acceptors (Lipinski definition) is 4. The molecule has 0 aromatic heterocycles. The Morgan fingerprint density at radius 3 is 2.17 bits per heavy atom. The summed E-state index contributed by atoms with van der Waals surface area (Å²) in [6.45, 7) is 0.898. The van der Waals surface area contributed by atoms with Crippen LogP contribution in [0.15, 0.2) is 0 Å². The summed E-state index contributed by atoms with van der Waals surface area (Å²) in [5.74, 6) is 0. The molecule has 5 nitrogen and oxygen atoms in total. The van der Waals surface area contributed by atoms with Crippen molar-refractivity contribution in [1.29, 1.82) is 0 Å². The number of unbranched alkanes of at least 4 members (excludes halogenated alkanes) is 7. The van der Waals surface area contributed by atoms with Crippen LogP contribution < -0.4 is 0 Å². The first-order valence-electron chi connectivity index (χ1n) is 9.18. The van der Waals surface area contributed by atoms with E-state index in [-0.39, 0.29) is 0 Å². The van der Waals surface area contributed by atoms with Crippen LogP contribution in [0.2, 0.25) is 0 Å². The van der Waals surface area contributed by atoms with Crippen molar-refractivity contribution >= 4 is 6.29 Å². The lowest BCUT2D eigenvalue weighted by Crippen LogP contribution is -2.20. The van der Waals surface area contributed by atoms with E-state index in [2.05, 4.69) is 6.42 Å². The van der Waals surface area contributed by atoms with Gasteiger partial charge in [0.15, 0.2) is 0 Å². The van der Waals surface area contributed by atoms with Gasteiger partial charge in [-0.1, -0.05) is 38.5 Å². The van der Waals surface area contributed by atoms with E-state index in [0.717, 1.165) is 32.3 Å². The highest BCUT2D eigenvalue weighted by Gasteiger charge is 2.18. The largest absolute Gasteiger partial charge is 0.378 e. The summed E-state index contributed by atoms with van der Waals surface area (Å²) in [6.07, 6.45) is 18.3. The fourth-order valence-electron chi connectivity index (χ4n) is 3.02. The molecule has 1 saturated carbocycles. The Bertz CT molecular complexity index is 316. The number of carbonyl (C=O) groups excluding carboxylic acids is 1. The van der Waals surface area contributed by atoms with Crippen molar-refractivity contribution in [3.8, 4) is 0 Å². The summed E-state index contributed by atoms with van der Waals surface area (Å²) in [5.41, 5.74) is 0. The molecule has 0 N–H and O–H groups in total. The van der Waals surface area contributed by atoms with Crippen molar-refractivity contribution in [2.75, 3.05) is 6.61 Å². The molecule has 0 aromatic rings. The van der Waals surface area contributed by atoms with Crippen LogP contribution in [0.25, 0.3) is 0 Å². The van der Waals surface area contributed by atoms with Crippen molar-refractivity contribution in [3.05, 3.63) is 16.5 Å². The van der Waals surface area contributed by atoms with E-state index in [9.17, 15) is 14.9 Å². The highest BCUT2D eigenvalue weighted by atomic mass is 16.6. The van der Waals surface area contributed by atoms with Crippen LogP contribution in [0.1, 0.15) is 83.5 Å². The Morgan fingerprint density at radius 2 is 1.61 bits per heavy atom. The molecule has 1 rings (SSSR count). The topological polar surface area (TPSA) is 69.4 Å². The van der Waals surface area contributed by atoms with Gasteiger partial charge in [-0.3, -0.25) is 14.9 Å². The van der Waals surface area contributed by atoms with Gasteiger partial charge < -0.3 is 4.74 Å². The van der Waals surface area contributed by atoms with Crippen LogP contribution in [0.3, 0.4) is 0 Å². The monoisotopic (exact) mass is 325 g/mol. The Labute approximate surface area is 140 Å². The minimum Gasteiger partial charge on any atom is -0.378 e. The van der Waals surface area contributed by atoms with Crippen molar-refractivity contribution in [2.45, 2.75) is 95.6 Å². The van der Waals surface area contributed by atoms with Crippen LogP contribution in [-0.4, -0.2) is 30.0 Å². The van der Waals surface area contributed by atoms with Crippen LogP contribution >= 0.6 is 0 Å². The first-order chi connectivity index (χ1) is 11.2. The van der Waals surface area contributed by atoms with Gasteiger partial charge in [0, 0.05) is 18.0 Å². The van der Waals surface area contributed by atoms with E-state index in [4.69, 9.17) is 4.74 Å². The maximum Gasteiger partial charge on any atom is 0.278 e. The number of nitro groups is 1. The van der Waals surface area contributed by atoms with Gasteiger partial charge in [0.2, 0.25) is 0 Å². The van der Waals surface area contributed by atoms with Crippen molar-refractivity contribution < 1.29 is 14.5 Å². The minimum absolute atomic E-state index is 0.326. The van der Waals surface area contributed by atoms with Gasteiger partial charge in [0.1, 0.15) is 0 Å². The summed E-state index contributed by atoms with van der Waals surface area (Å²) >= 11 is 0. The molecular formula is C18H31NO4. The van der Waals surface area contributed by atoms with Crippen molar-refractivity contribution in [3.63, 3.8) is 0 Å². The molecule has 1 aliphatic carbocycles. The molecule has 0 amide bonds.